The number of aromatic amines is 1. The number of fused-ring (bicyclic) bond motifs is 1. The standard InChI is InChI=1S/C22H28FN5O2S/c1-28(22-20-10-11-24-21(20)25-15-26-22)19-7-5-17(6-8-19)14-31(29,30)27-12-9-16-3-2-4-18(23)13-16/h2-4,10-11,13,15,17,19,27H,5-9,12,14H2,1H3,(H,24,25,26)/t17-,19-. The van der Waals surface area contributed by atoms with Crippen LogP contribution in [0.3, 0.4) is 0 Å². The molecule has 0 amide bonds. The number of halogens is 1. The van der Waals surface area contributed by atoms with Crippen molar-refractivity contribution in [3.63, 3.8) is 0 Å². The summed E-state index contributed by atoms with van der Waals surface area (Å²) in [4.78, 5) is 14.0. The number of sulfonamides is 1. The average Bonchev–Trinajstić information content (AvgIpc) is 3.22. The van der Waals surface area contributed by atoms with Crippen LogP contribution in [0.25, 0.3) is 11.0 Å². The molecule has 1 aliphatic rings. The van der Waals surface area contributed by atoms with Crippen LogP contribution in [0.15, 0.2) is 42.9 Å². The van der Waals surface area contributed by atoms with Crippen LogP contribution in [-0.2, 0) is 16.4 Å². The van der Waals surface area contributed by atoms with E-state index in [0.29, 0.717) is 12.5 Å². The molecule has 2 heterocycles. The van der Waals surface area contributed by atoms with Gasteiger partial charge in [0.1, 0.15) is 23.6 Å². The van der Waals surface area contributed by atoms with Crippen molar-refractivity contribution in [1.29, 1.82) is 0 Å². The lowest BCUT2D eigenvalue weighted by Crippen LogP contribution is -2.38. The minimum absolute atomic E-state index is 0.141. The molecular formula is C22H28FN5O2S. The zero-order chi connectivity index (χ0) is 21.8. The Bertz CT molecular complexity index is 1130. The fourth-order valence-electron chi connectivity index (χ4n) is 4.42. The minimum atomic E-state index is -3.35. The number of H-pyrrole nitrogens is 1. The quantitative estimate of drug-likeness (QED) is 0.555. The average molecular weight is 446 g/mol. The summed E-state index contributed by atoms with van der Waals surface area (Å²) in [6.45, 7) is 0.282. The SMILES string of the molecule is CN(c1ncnc2[nH]ccc12)[C@H]1CC[C@H](CS(=O)(=O)NCCc2cccc(F)c2)CC1. The maximum atomic E-state index is 13.2. The van der Waals surface area contributed by atoms with E-state index in [0.717, 1.165) is 48.1 Å². The van der Waals surface area contributed by atoms with Crippen LogP contribution in [0.5, 0.6) is 0 Å². The molecule has 3 aromatic rings. The van der Waals surface area contributed by atoms with Gasteiger partial charge in [-0.05, 0) is 61.8 Å². The summed E-state index contributed by atoms with van der Waals surface area (Å²) in [5.41, 5.74) is 1.61. The molecule has 1 fully saturated rings. The third kappa shape index (κ3) is 5.40. The highest BCUT2D eigenvalue weighted by Crippen LogP contribution is 2.31. The summed E-state index contributed by atoms with van der Waals surface area (Å²) in [7, 11) is -1.31. The number of anilines is 1. The predicted molar refractivity (Wildman–Crippen MR) is 120 cm³/mol. The normalized spacial score (nSPS) is 19.5. The van der Waals surface area contributed by atoms with E-state index < -0.39 is 10.0 Å². The van der Waals surface area contributed by atoms with Crippen molar-refractivity contribution in [2.24, 2.45) is 5.92 Å². The van der Waals surface area contributed by atoms with Crippen LogP contribution >= 0.6 is 0 Å². The number of hydrogen-bond acceptors (Lipinski definition) is 5. The summed E-state index contributed by atoms with van der Waals surface area (Å²) in [5.74, 6) is 0.888. The Hall–Kier alpha value is -2.52. The number of benzene rings is 1. The predicted octanol–water partition coefficient (Wildman–Crippen LogP) is 3.25. The monoisotopic (exact) mass is 445 g/mol. The molecule has 7 nitrogen and oxygen atoms in total. The summed E-state index contributed by atoms with van der Waals surface area (Å²) >= 11 is 0. The second-order valence-electron chi connectivity index (χ2n) is 8.28. The van der Waals surface area contributed by atoms with Crippen LogP contribution in [0.4, 0.5) is 10.2 Å². The van der Waals surface area contributed by atoms with E-state index >= 15 is 0 Å². The van der Waals surface area contributed by atoms with Gasteiger partial charge in [0, 0.05) is 25.8 Å². The lowest BCUT2D eigenvalue weighted by Gasteiger charge is -2.35. The Morgan fingerprint density at radius 1 is 1.19 bits per heavy atom. The Morgan fingerprint density at radius 2 is 2.00 bits per heavy atom. The molecular weight excluding hydrogens is 417 g/mol. The molecule has 2 N–H and O–H groups in total. The van der Waals surface area contributed by atoms with Gasteiger partial charge in [-0.15, -0.1) is 0 Å². The number of rotatable bonds is 8. The fourth-order valence-corrected chi connectivity index (χ4v) is 5.91. The van der Waals surface area contributed by atoms with Gasteiger partial charge in [-0.3, -0.25) is 0 Å². The number of hydrogen-bond donors (Lipinski definition) is 2. The van der Waals surface area contributed by atoms with E-state index in [9.17, 15) is 12.8 Å². The summed E-state index contributed by atoms with van der Waals surface area (Å²) < 4.78 is 40.9. The molecule has 1 saturated carbocycles. The van der Waals surface area contributed by atoms with E-state index in [4.69, 9.17) is 0 Å². The first kappa shape index (κ1) is 21.7. The van der Waals surface area contributed by atoms with Gasteiger partial charge >= 0.3 is 0 Å². The molecule has 1 aliphatic carbocycles. The van der Waals surface area contributed by atoms with Gasteiger partial charge in [-0.25, -0.2) is 27.5 Å². The molecule has 4 rings (SSSR count). The summed E-state index contributed by atoms with van der Waals surface area (Å²) in [5, 5.41) is 0.997. The molecule has 0 atom stereocenters. The van der Waals surface area contributed by atoms with Gasteiger partial charge in [0.2, 0.25) is 10.0 Å². The smallest absolute Gasteiger partial charge is 0.211 e. The number of aromatic nitrogens is 3. The Balaban J connectivity index is 1.27. The lowest BCUT2D eigenvalue weighted by molar-refractivity contribution is 0.340. The van der Waals surface area contributed by atoms with Crippen LogP contribution in [0.1, 0.15) is 31.2 Å². The molecule has 0 spiro atoms. The third-order valence-corrected chi connectivity index (χ3v) is 7.67. The van der Waals surface area contributed by atoms with E-state index in [2.05, 4.69) is 24.6 Å². The van der Waals surface area contributed by atoms with Gasteiger partial charge in [0.05, 0.1) is 11.1 Å². The van der Waals surface area contributed by atoms with Crippen molar-refractivity contribution >= 4 is 26.9 Å². The van der Waals surface area contributed by atoms with Crippen LogP contribution in [-0.4, -0.2) is 48.8 Å². The van der Waals surface area contributed by atoms with Gasteiger partial charge in [0.15, 0.2) is 0 Å². The second kappa shape index (κ2) is 9.32. The first-order valence-electron chi connectivity index (χ1n) is 10.6. The van der Waals surface area contributed by atoms with E-state index in [-0.39, 0.29) is 24.0 Å². The van der Waals surface area contributed by atoms with Gasteiger partial charge in [0.25, 0.3) is 0 Å². The number of nitrogens with one attached hydrogen (secondary N) is 2. The molecule has 2 aromatic heterocycles. The van der Waals surface area contributed by atoms with Crippen molar-refractivity contribution in [2.75, 3.05) is 24.2 Å². The molecule has 1 aromatic carbocycles. The lowest BCUT2D eigenvalue weighted by atomic mass is 9.86. The van der Waals surface area contributed by atoms with Crippen molar-refractivity contribution in [2.45, 2.75) is 38.1 Å². The van der Waals surface area contributed by atoms with Crippen LogP contribution in [0.2, 0.25) is 0 Å². The zero-order valence-electron chi connectivity index (χ0n) is 17.6. The Labute approximate surface area is 182 Å². The molecule has 0 aliphatic heterocycles. The molecule has 31 heavy (non-hydrogen) atoms. The van der Waals surface area contributed by atoms with Crippen molar-refractivity contribution in [1.82, 2.24) is 19.7 Å². The molecule has 9 heteroatoms. The van der Waals surface area contributed by atoms with Gasteiger partial charge < -0.3 is 9.88 Å². The molecule has 0 unspecified atom stereocenters. The van der Waals surface area contributed by atoms with Crippen LogP contribution in [0, 0.1) is 11.7 Å². The number of nitrogens with zero attached hydrogens (tertiary/aromatic N) is 3. The largest absolute Gasteiger partial charge is 0.356 e. The van der Waals surface area contributed by atoms with Crippen LogP contribution < -0.4 is 9.62 Å². The van der Waals surface area contributed by atoms with Crippen molar-refractivity contribution < 1.29 is 12.8 Å². The summed E-state index contributed by atoms with van der Waals surface area (Å²) in [6.07, 6.45) is 7.48. The Morgan fingerprint density at radius 3 is 2.77 bits per heavy atom. The molecule has 0 bridgehead atoms. The Kier molecular flexibility index (Phi) is 6.52. The van der Waals surface area contributed by atoms with Crippen molar-refractivity contribution in [3.8, 4) is 0 Å². The maximum absolute atomic E-state index is 13.2. The highest BCUT2D eigenvalue weighted by molar-refractivity contribution is 7.89. The van der Waals surface area contributed by atoms with Crippen molar-refractivity contribution in [3.05, 3.63) is 54.2 Å². The second-order valence-corrected chi connectivity index (χ2v) is 10.1. The van der Waals surface area contributed by atoms with Gasteiger partial charge in [-0.2, -0.15) is 0 Å². The van der Waals surface area contributed by atoms with E-state index in [1.807, 2.05) is 19.3 Å². The molecule has 0 radical (unpaired) electrons. The zero-order valence-corrected chi connectivity index (χ0v) is 18.4. The first-order valence-corrected chi connectivity index (χ1v) is 12.3. The first-order chi connectivity index (χ1) is 14.9. The maximum Gasteiger partial charge on any atom is 0.211 e. The molecule has 166 valence electrons. The third-order valence-electron chi connectivity index (χ3n) is 6.11. The highest BCUT2D eigenvalue weighted by atomic mass is 32.2. The minimum Gasteiger partial charge on any atom is -0.356 e. The van der Waals surface area contributed by atoms with E-state index in [1.54, 1.807) is 18.5 Å². The highest BCUT2D eigenvalue weighted by Gasteiger charge is 2.28. The molecule has 0 saturated heterocycles. The summed E-state index contributed by atoms with van der Waals surface area (Å²) in [6, 6.07) is 8.56. The van der Waals surface area contributed by atoms with Gasteiger partial charge in [-0.1, -0.05) is 12.1 Å². The topological polar surface area (TPSA) is 91.0 Å². The fraction of sp³-hybridized carbons (Fsp3) is 0.455. The van der Waals surface area contributed by atoms with E-state index in [1.165, 1.54) is 12.1 Å².